The summed E-state index contributed by atoms with van der Waals surface area (Å²) in [7, 11) is -3.99. The third kappa shape index (κ3) is 6.62. The van der Waals surface area contributed by atoms with Crippen LogP contribution in [-0.4, -0.2) is 38.2 Å². The van der Waals surface area contributed by atoms with Crippen LogP contribution in [-0.2, 0) is 19.6 Å². The second-order valence-corrected chi connectivity index (χ2v) is 9.75. The Hall–Kier alpha value is -3.24. The molecule has 2 aromatic rings. The van der Waals surface area contributed by atoms with Crippen molar-refractivity contribution in [3.05, 3.63) is 54.1 Å². The predicted octanol–water partition coefficient (Wildman–Crippen LogP) is 2.62. The van der Waals surface area contributed by atoms with Crippen LogP contribution in [0.25, 0.3) is 0 Å². The smallest absolute Gasteiger partial charge is 0.253 e. The topological polar surface area (TPSA) is 133 Å². The van der Waals surface area contributed by atoms with Crippen molar-refractivity contribution < 1.29 is 22.8 Å². The van der Waals surface area contributed by atoms with Crippen molar-refractivity contribution in [1.82, 2.24) is 10.0 Å². The maximum absolute atomic E-state index is 12.7. The van der Waals surface area contributed by atoms with Gasteiger partial charge in [-0.2, -0.15) is 4.72 Å². The molecular weight excluding hydrogens is 444 g/mol. The van der Waals surface area contributed by atoms with Gasteiger partial charge in [0.1, 0.15) is 0 Å². The third-order valence-corrected chi connectivity index (χ3v) is 6.89. The van der Waals surface area contributed by atoms with Crippen molar-refractivity contribution in [1.29, 1.82) is 0 Å². The van der Waals surface area contributed by atoms with Crippen LogP contribution in [0.1, 0.15) is 49.9 Å². The SMILES string of the molecule is CC(=O)Nc1ccc(S(=O)(=O)N[C@H](C)C(=O)Nc2ccccc2C(=O)NC2CCCC2)cc1. The fraction of sp³-hybridized carbons (Fsp3) is 0.348. The molecule has 0 aromatic heterocycles. The summed E-state index contributed by atoms with van der Waals surface area (Å²) in [6, 6.07) is 11.2. The lowest BCUT2D eigenvalue weighted by Crippen LogP contribution is -2.42. The minimum atomic E-state index is -3.99. The summed E-state index contributed by atoms with van der Waals surface area (Å²) < 4.78 is 27.7. The molecular formula is C23H28N4O5S. The molecule has 0 spiro atoms. The van der Waals surface area contributed by atoms with Crippen LogP contribution in [0.5, 0.6) is 0 Å². The van der Waals surface area contributed by atoms with Gasteiger partial charge in [0.25, 0.3) is 5.91 Å². The minimum absolute atomic E-state index is 0.0485. The van der Waals surface area contributed by atoms with Crippen LogP contribution in [0, 0.1) is 0 Å². The number of anilines is 2. The molecule has 176 valence electrons. The molecule has 1 aliphatic carbocycles. The molecule has 0 bridgehead atoms. The van der Waals surface area contributed by atoms with Crippen LogP contribution < -0.4 is 20.7 Å². The first-order valence-electron chi connectivity index (χ1n) is 10.8. The summed E-state index contributed by atoms with van der Waals surface area (Å²) in [4.78, 5) is 36.4. The predicted molar refractivity (Wildman–Crippen MR) is 125 cm³/mol. The van der Waals surface area contributed by atoms with Gasteiger partial charge in [0.15, 0.2) is 0 Å². The van der Waals surface area contributed by atoms with E-state index in [1.807, 2.05) is 0 Å². The fourth-order valence-corrected chi connectivity index (χ4v) is 4.84. The summed E-state index contributed by atoms with van der Waals surface area (Å²) in [5.41, 5.74) is 1.09. The zero-order valence-electron chi connectivity index (χ0n) is 18.6. The summed E-state index contributed by atoms with van der Waals surface area (Å²) in [5, 5.41) is 8.19. The number of para-hydroxylation sites is 1. The molecule has 0 radical (unpaired) electrons. The molecule has 0 unspecified atom stereocenters. The normalized spacial score (nSPS) is 15.0. The van der Waals surface area contributed by atoms with Crippen molar-refractivity contribution >= 4 is 39.1 Å². The van der Waals surface area contributed by atoms with E-state index in [-0.39, 0.29) is 22.8 Å². The van der Waals surface area contributed by atoms with E-state index in [1.54, 1.807) is 24.3 Å². The standard InChI is InChI=1S/C23H28N4O5S/c1-15(27-33(31,32)19-13-11-18(12-14-19)24-16(2)28)22(29)26-21-10-6-5-9-20(21)23(30)25-17-7-3-4-8-17/h5-6,9-15,17,27H,3-4,7-8H2,1-2H3,(H,24,28)(H,25,30)(H,26,29)/t15-/m1/s1. The van der Waals surface area contributed by atoms with Gasteiger partial charge in [0, 0.05) is 18.7 Å². The number of nitrogens with one attached hydrogen (secondary N) is 4. The number of hydrogen-bond acceptors (Lipinski definition) is 5. The van der Waals surface area contributed by atoms with Crippen molar-refractivity contribution in [3.8, 4) is 0 Å². The van der Waals surface area contributed by atoms with Crippen molar-refractivity contribution in [3.63, 3.8) is 0 Å². The number of carbonyl (C=O) groups excluding carboxylic acids is 3. The van der Waals surface area contributed by atoms with Gasteiger partial charge in [0.05, 0.1) is 22.2 Å². The molecule has 4 N–H and O–H groups in total. The molecule has 1 saturated carbocycles. The Morgan fingerprint density at radius 1 is 0.939 bits per heavy atom. The van der Waals surface area contributed by atoms with Gasteiger partial charge in [-0.25, -0.2) is 8.42 Å². The first-order chi connectivity index (χ1) is 15.7. The van der Waals surface area contributed by atoms with E-state index in [2.05, 4.69) is 20.7 Å². The second kappa shape index (κ2) is 10.6. The molecule has 0 saturated heterocycles. The first kappa shape index (κ1) is 24.4. The molecule has 1 atom stereocenters. The van der Waals surface area contributed by atoms with E-state index >= 15 is 0 Å². The molecule has 1 fully saturated rings. The molecule has 1 aliphatic rings. The molecule has 10 heteroatoms. The summed E-state index contributed by atoms with van der Waals surface area (Å²) >= 11 is 0. The van der Waals surface area contributed by atoms with E-state index in [0.717, 1.165) is 25.7 Å². The highest BCUT2D eigenvalue weighted by atomic mass is 32.2. The average molecular weight is 473 g/mol. The fourth-order valence-electron chi connectivity index (χ4n) is 3.64. The number of carbonyl (C=O) groups is 3. The number of sulfonamides is 1. The average Bonchev–Trinajstić information content (AvgIpc) is 3.26. The number of benzene rings is 2. The van der Waals surface area contributed by atoms with Crippen molar-refractivity contribution in [2.45, 2.75) is 56.5 Å². The van der Waals surface area contributed by atoms with Crippen molar-refractivity contribution in [2.75, 3.05) is 10.6 Å². The van der Waals surface area contributed by atoms with E-state index in [9.17, 15) is 22.8 Å². The molecule has 0 aliphatic heterocycles. The van der Waals surface area contributed by atoms with Gasteiger partial charge in [-0.1, -0.05) is 25.0 Å². The zero-order valence-corrected chi connectivity index (χ0v) is 19.4. The highest BCUT2D eigenvalue weighted by Crippen LogP contribution is 2.21. The number of amides is 3. The maximum atomic E-state index is 12.7. The van der Waals surface area contributed by atoms with Crippen LogP contribution in [0.3, 0.4) is 0 Å². The van der Waals surface area contributed by atoms with E-state index in [4.69, 9.17) is 0 Å². The summed E-state index contributed by atoms with van der Waals surface area (Å²) in [6.45, 7) is 2.77. The Morgan fingerprint density at radius 3 is 2.21 bits per heavy atom. The van der Waals surface area contributed by atoms with Crippen LogP contribution in [0.2, 0.25) is 0 Å². The Labute approximate surface area is 193 Å². The van der Waals surface area contributed by atoms with Gasteiger partial charge < -0.3 is 16.0 Å². The lowest BCUT2D eigenvalue weighted by molar-refractivity contribution is -0.117. The maximum Gasteiger partial charge on any atom is 0.253 e. The summed E-state index contributed by atoms with van der Waals surface area (Å²) in [6.07, 6.45) is 4.03. The Kier molecular flexibility index (Phi) is 7.83. The van der Waals surface area contributed by atoms with Gasteiger partial charge in [-0.15, -0.1) is 0 Å². The van der Waals surface area contributed by atoms with Gasteiger partial charge in [-0.05, 0) is 56.2 Å². The van der Waals surface area contributed by atoms with Crippen LogP contribution >= 0.6 is 0 Å². The van der Waals surface area contributed by atoms with E-state index < -0.39 is 22.0 Å². The van der Waals surface area contributed by atoms with Crippen molar-refractivity contribution in [2.24, 2.45) is 0 Å². The Bertz CT molecular complexity index is 1130. The van der Waals surface area contributed by atoms with Crippen LogP contribution in [0.4, 0.5) is 11.4 Å². The molecule has 0 heterocycles. The lowest BCUT2D eigenvalue weighted by Gasteiger charge is -2.17. The second-order valence-electron chi connectivity index (χ2n) is 8.04. The first-order valence-corrected chi connectivity index (χ1v) is 12.2. The Morgan fingerprint density at radius 2 is 1.58 bits per heavy atom. The molecule has 9 nitrogen and oxygen atoms in total. The van der Waals surface area contributed by atoms with Crippen LogP contribution in [0.15, 0.2) is 53.4 Å². The van der Waals surface area contributed by atoms with E-state index in [1.165, 1.54) is 38.1 Å². The Balaban J connectivity index is 1.65. The summed E-state index contributed by atoms with van der Waals surface area (Å²) in [5.74, 6) is -1.15. The van der Waals surface area contributed by atoms with Gasteiger partial charge in [-0.3, -0.25) is 14.4 Å². The molecule has 3 amide bonds. The van der Waals surface area contributed by atoms with E-state index in [0.29, 0.717) is 16.9 Å². The molecule has 33 heavy (non-hydrogen) atoms. The number of rotatable bonds is 8. The monoisotopic (exact) mass is 472 g/mol. The lowest BCUT2D eigenvalue weighted by atomic mass is 10.1. The zero-order chi connectivity index (χ0) is 24.0. The quantitative estimate of drug-likeness (QED) is 0.469. The third-order valence-electron chi connectivity index (χ3n) is 5.33. The highest BCUT2D eigenvalue weighted by molar-refractivity contribution is 7.89. The highest BCUT2D eigenvalue weighted by Gasteiger charge is 2.24. The molecule has 2 aromatic carbocycles. The molecule has 3 rings (SSSR count). The largest absolute Gasteiger partial charge is 0.349 e. The van der Waals surface area contributed by atoms with Gasteiger partial charge >= 0.3 is 0 Å². The van der Waals surface area contributed by atoms with Gasteiger partial charge in [0.2, 0.25) is 21.8 Å². The number of hydrogen-bond donors (Lipinski definition) is 4. The minimum Gasteiger partial charge on any atom is -0.349 e.